The molecular formula is C20H16ClF2N3O. The monoisotopic (exact) mass is 387 g/mol. The van der Waals surface area contributed by atoms with Crippen LogP contribution in [0, 0.1) is 18.6 Å². The van der Waals surface area contributed by atoms with Gasteiger partial charge in [0.2, 0.25) is 0 Å². The van der Waals surface area contributed by atoms with Crippen LogP contribution in [0.1, 0.15) is 28.0 Å². The topological polar surface area (TPSA) is 38.1 Å². The highest BCUT2D eigenvalue weighted by atomic mass is 35.5. The number of fused-ring (bicyclic) bond motifs is 1. The van der Waals surface area contributed by atoms with E-state index in [1.165, 1.54) is 17.2 Å². The number of rotatable bonds is 2. The summed E-state index contributed by atoms with van der Waals surface area (Å²) in [6.45, 7) is 2.18. The Bertz CT molecular complexity index is 1050. The standard InChI is InChI=1S/C20H16ClF2N3O/c1-12-17(11-24-26(12)15-5-2-4-13(21)8-15)20(27)25-7-3-6-16-18(23)9-14(22)10-19(16)25/h2,4-5,8-11H,3,6-7H2,1H3. The van der Waals surface area contributed by atoms with Crippen molar-refractivity contribution in [1.82, 2.24) is 9.78 Å². The lowest BCUT2D eigenvalue weighted by molar-refractivity contribution is 0.0984. The van der Waals surface area contributed by atoms with Gasteiger partial charge in [0.25, 0.3) is 5.91 Å². The number of carbonyl (C=O) groups is 1. The van der Waals surface area contributed by atoms with Gasteiger partial charge in [-0.15, -0.1) is 0 Å². The molecule has 0 bridgehead atoms. The van der Waals surface area contributed by atoms with Crippen LogP contribution in [-0.4, -0.2) is 22.2 Å². The number of aromatic nitrogens is 2. The Balaban J connectivity index is 1.74. The fraction of sp³-hybridized carbons (Fsp3) is 0.200. The maximum absolute atomic E-state index is 14.1. The van der Waals surface area contributed by atoms with E-state index in [0.29, 0.717) is 46.9 Å². The van der Waals surface area contributed by atoms with Crippen LogP contribution < -0.4 is 4.90 Å². The van der Waals surface area contributed by atoms with E-state index < -0.39 is 11.6 Å². The maximum Gasteiger partial charge on any atom is 0.261 e. The summed E-state index contributed by atoms with van der Waals surface area (Å²) >= 11 is 6.04. The lowest BCUT2D eigenvalue weighted by atomic mass is 10.00. The summed E-state index contributed by atoms with van der Waals surface area (Å²) in [5, 5.41) is 4.86. The zero-order chi connectivity index (χ0) is 19.1. The molecule has 0 fully saturated rings. The minimum Gasteiger partial charge on any atom is -0.308 e. The van der Waals surface area contributed by atoms with Crippen LogP contribution in [0.3, 0.4) is 0 Å². The van der Waals surface area contributed by atoms with Crippen molar-refractivity contribution in [2.75, 3.05) is 11.4 Å². The van der Waals surface area contributed by atoms with Crippen LogP contribution in [0.4, 0.5) is 14.5 Å². The van der Waals surface area contributed by atoms with Crippen molar-refractivity contribution in [3.05, 3.63) is 76.1 Å². The predicted octanol–water partition coefficient (Wildman–Crippen LogP) is 4.71. The van der Waals surface area contributed by atoms with E-state index in [-0.39, 0.29) is 5.91 Å². The number of carbonyl (C=O) groups excluding carboxylic acids is 1. The van der Waals surface area contributed by atoms with Gasteiger partial charge in [0, 0.05) is 23.2 Å². The van der Waals surface area contributed by atoms with Gasteiger partial charge < -0.3 is 4.90 Å². The van der Waals surface area contributed by atoms with Gasteiger partial charge in [0.05, 0.1) is 28.8 Å². The van der Waals surface area contributed by atoms with Crippen LogP contribution in [0.15, 0.2) is 42.6 Å². The van der Waals surface area contributed by atoms with Gasteiger partial charge in [-0.25, -0.2) is 13.5 Å². The number of halogens is 3. The van der Waals surface area contributed by atoms with Gasteiger partial charge in [0.15, 0.2) is 0 Å². The smallest absolute Gasteiger partial charge is 0.261 e. The first-order valence-corrected chi connectivity index (χ1v) is 8.94. The molecule has 138 valence electrons. The van der Waals surface area contributed by atoms with Crippen LogP contribution >= 0.6 is 11.6 Å². The summed E-state index contributed by atoms with van der Waals surface area (Å²) in [7, 11) is 0. The molecule has 7 heteroatoms. The molecular weight excluding hydrogens is 372 g/mol. The van der Waals surface area contributed by atoms with Crippen molar-refractivity contribution >= 4 is 23.2 Å². The summed E-state index contributed by atoms with van der Waals surface area (Å²) in [5.74, 6) is -1.64. The second-order valence-corrected chi connectivity index (χ2v) is 6.92. The highest BCUT2D eigenvalue weighted by molar-refractivity contribution is 6.30. The Morgan fingerprint density at radius 3 is 2.81 bits per heavy atom. The molecule has 2 heterocycles. The fourth-order valence-electron chi connectivity index (χ4n) is 3.46. The molecule has 1 amide bonds. The quantitative estimate of drug-likeness (QED) is 0.639. The molecule has 4 nitrogen and oxygen atoms in total. The van der Waals surface area contributed by atoms with Gasteiger partial charge >= 0.3 is 0 Å². The number of hydrogen-bond acceptors (Lipinski definition) is 2. The third-order valence-electron chi connectivity index (χ3n) is 4.77. The molecule has 2 aromatic carbocycles. The van der Waals surface area contributed by atoms with E-state index in [4.69, 9.17) is 11.6 Å². The van der Waals surface area contributed by atoms with Gasteiger partial charge in [-0.2, -0.15) is 5.10 Å². The van der Waals surface area contributed by atoms with Crippen LogP contribution in [0.5, 0.6) is 0 Å². The van der Waals surface area contributed by atoms with E-state index in [9.17, 15) is 13.6 Å². The number of hydrogen-bond donors (Lipinski definition) is 0. The summed E-state index contributed by atoms with van der Waals surface area (Å²) < 4.78 is 29.5. The molecule has 0 atom stereocenters. The minimum atomic E-state index is -0.697. The second kappa shape index (κ2) is 6.78. The molecule has 0 spiro atoms. The fourth-order valence-corrected chi connectivity index (χ4v) is 3.64. The summed E-state index contributed by atoms with van der Waals surface area (Å²) in [5.41, 5.74) is 2.41. The number of nitrogens with zero attached hydrogens (tertiary/aromatic N) is 3. The van der Waals surface area contributed by atoms with Gasteiger partial charge in [-0.1, -0.05) is 17.7 Å². The highest BCUT2D eigenvalue weighted by Gasteiger charge is 2.28. The zero-order valence-electron chi connectivity index (χ0n) is 14.5. The minimum absolute atomic E-state index is 0.290. The second-order valence-electron chi connectivity index (χ2n) is 6.48. The molecule has 3 aromatic rings. The zero-order valence-corrected chi connectivity index (χ0v) is 15.3. The number of anilines is 1. The molecule has 1 aromatic heterocycles. The Morgan fingerprint density at radius 2 is 2.04 bits per heavy atom. The molecule has 0 radical (unpaired) electrons. The lowest BCUT2D eigenvalue weighted by Crippen LogP contribution is -2.36. The average Bonchev–Trinajstić information content (AvgIpc) is 3.02. The van der Waals surface area contributed by atoms with Gasteiger partial charge in [-0.3, -0.25) is 4.79 Å². The third-order valence-corrected chi connectivity index (χ3v) is 5.01. The average molecular weight is 388 g/mol. The Labute approximate surface area is 160 Å². The Kier molecular flexibility index (Phi) is 4.44. The summed E-state index contributed by atoms with van der Waals surface area (Å²) in [4.78, 5) is 14.5. The largest absolute Gasteiger partial charge is 0.308 e. The normalized spacial score (nSPS) is 13.6. The molecule has 0 saturated heterocycles. The van der Waals surface area contributed by atoms with Gasteiger partial charge in [-0.05, 0) is 44.0 Å². The molecule has 0 N–H and O–H groups in total. The van der Waals surface area contributed by atoms with Crippen molar-refractivity contribution in [2.24, 2.45) is 0 Å². The predicted molar refractivity (Wildman–Crippen MR) is 99.7 cm³/mol. The molecule has 0 aliphatic carbocycles. The molecule has 4 rings (SSSR count). The molecule has 27 heavy (non-hydrogen) atoms. The van der Waals surface area contributed by atoms with Crippen LogP contribution in [-0.2, 0) is 6.42 Å². The van der Waals surface area contributed by atoms with Crippen molar-refractivity contribution in [1.29, 1.82) is 0 Å². The maximum atomic E-state index is 14.1. The first-order chi connectivity index (χ1) is 13.0. The summed E-state index contributed by atoms with van der Waals surface area (Å²) in [6, 6.07) is 9.20. The third kappa shape index (κ3) is 3.10. The van der Waals surface area contributed by atoms with Crippen LogP contribution in [0.2, 0.25) is 5.02 Å². The highest BCUT2D eigenvalue weighted by Crippen LogP contribution is 2.32. The van der Waals surface area contributed by atoms with E-state index in [0.717, 1.165) is 11.8 Å². The van der Waals surface area contributed by atoms with Crippen LogP contribution in [0.25, 0.3) is 5.69 Å². The van der Waals surface area contributed by atoms with Crippen molar-refractivity contribution < 1.29 is 13.6 Å². The van der Waals surface area contributed by atoms with E-state index >= 15 is 0 Å². The van der Waals surface area contributed by atoms with Crippen molar-refractivity contribution in [2.45, 2.75) is 19.8 Å². The van der Waals surface area contributed by atoms with E-state index in [1.807, 2.05) is 6.07 Å². The van der Waals surface area contributed by atoms with E-state index in [1.54, 1.807) is 29.8 Å². The SMILES string of the molecule is Cc1c(C(=O)N2CCCc3c(F)cc(F)cc32)cnn1-c1cccc(Cl)c1. The lowest BCUT2D eigenvalue weighted by Gasteiger charge is -2.29. The first kappa shape index (κ1) is 17.7. The number of benzene rings is 2. The van der Waals surface area contributed by atoms with Gasteiger partial charge in [0.1, 0.15) is 11.6 Å². The Hall–Kier alpha value is -2.73. The Morgan fingerprint density at radius 1 is 1.22 bits per heavy atom. The molecule has 1 aliphatic heterocycles. The first-order valence-electron chi connectivity index (χ1n) is 8.56. The van der Waals surface area contributed by atoms with Crippen molar-refractivity contribution in [3.8, 4) is 5.69 Å². The molecule has 1 aliphatic rings. The van der Waals surface area contributed by atoms with E-state index in [2.05, 4.69) is 5.10 Å². The number of amides is 1. The molecule has 0 saturated carbocycles. The summed E-state index contributed by atoms with van der Waals surface area (Å²) in [6.07, 6.45) is 2.57. The molecule has 0 unspecified atom stereocenters. The van der Waals surface area contributed by atoms with Crippen molar-refractivity contribution in [3.63, 3.8) is 0 Å².